The number of unbranched alkanes of at least 4 members (excludes halogenated alkanes) is 50. The number of aromatic amines is 2. The first-order valence-electron chi connectivity index (χ1n) is 57.8. The minimum Gasteiger partial charge on any atom is -0.448 e. The fourth-order valence-electron chi connectivity index (χ4n) is 22.3. The summed E-state index contributed by atoms with van der Waals surface area (Å²) < 4.78 is 30.0. The molecule has 0 saturated carbocycles. The highest BCUT2D eigenvalue weighted by molar-refractivity contribution is 6.13. The Morgan fingerprint density at radius 2 is 0.550 bits per heavy atom. The third-order valence-corrected chi connectivity index (χ3v) is 30.8. The van der Waals surface area contributed by atoms with Crippen LogP contribution < -0.4 is 18.9 Å². The smallest absolute Gasteiger partial charge is 0.251 e. The zero-order valence-electron chi connectivity index (χ0n) is 88.1. The summed E-state index contributed by atoms with van der Waals surface area (Å²) in [6, 6.07) is 57.2. The summed E-state index contributed by atoms with van der Waals surface area (Å²) in [6.45, 7) is 17.9. The Labute approximate surface area is 847 Å². The highest BCUT2D eigenvalue weighted by Crippen LogP contribution is 2.54. The monoisotopic (exact) mass is 1880 g/mol. The normalized spacial score (nSPS) is 13.4. The summed E-state index contributed by atoms with van der Waals surface area (Å²) in [6.07, 6.45) is 94.1. The Hall–Kier alpha value is -9.66. The number of hydrogen-bond donors (Lipinski definition) is 2. The minimum atomic E-state index is -0.752. The topological polar surface area (TPSA) is 94.3 Å². The summed E-state index contributed by atoms with van der Waals surface area (Å²) >= 11 is 0. The van der Waals surface area contributed by atoms with Crippen LogP contribution in [0.4, 0.5) is 0 Å². The van der Waals surface area contributed by atoms with E-state index >= 15 is 0 Å². The molecule has 0 unspecified atom stereocenters. The zero-order chi connectivity index (χ0) is 96.9. The number of hydrogen-bond acceptors (Lipinski definition) is 6. The Bertz CT molecular complexity index is 5640. The van der Waals surface area contributed by atoms with Crippen LogP contribution >= 0.6 is 0 Å². The van der Waals surface area contributed by atoms with Crippen molar-refractivity contribution < 1.29 is 18.9 Å². The van der Waals surface area contributed by atoms with Crippen molar-refractivity contribution in [2.45, 2.75) is 451 Å². The molecule has 4 aliphatic rings. The molecule has 7 aromatic carbocycles. The fourth-order valence-corrected chi connectivity index (χ4v) is 22.3. The van der Waals surface area contributed by atoms with Crippen molar-refractivity contribution in [3.8, 4) is 68.0 Å². The molecular weight excluding hydrogens is 1710 g/mol. The van der Waals surface area contributed by atoms with Gasteiger partial charge < -0.3 is 28.9 Å². The molecule has 8 bridgehead atoms. The highest BCUT2D eigenvalue weighted by atomic mass is 16.7. The molecule has 14 rings (SSSR count). The van der Waals surface area contributed by atoms with Crippen molar-refractivity contribution >= 4 is 86.1 Å². The molecule has 0 saturated heterocycles. The van der Waals surface area contributed by atoms with Gasteiger partial charge in [-0.15, -0.1) is 0 Å². The van der Waals surface area contributed by atoms with E-state index in [2.05, 4.69) is 246 Å². The molecule has 7 heterocycles. The van der Waals surface area contributed by atoms with Crippen molar-refractivity contribution in [2.75, 3.05) is 0 Å². The average Bonchev–Trinajstić information content (AvgIpc) is 1.58. The molecule has 8 heteroatoms. The number of ether oxygens (including phenoxy) is 4. The second-order valence-electron chi connectivity index (χ2n) is 42.5. The summed E-state index contributed by atoms with van der Waals surface area (Å²) in [4.78, 5) is 19.9. The third kappa shape index (κ3) is 31.9. The van der Waals surface area contributed by atoms with Gasteiger partial charge in [0, 0.05) is 91.5 Å². The lowest BCUT2D eigenvalue weighted by Gasteiger charge is -2.28. The van der Waals surface area contributed by atoms with Crippen LogP contribution in [-0.4, -0.2) is 31.5 Å². The average molecular weight is 1880 g/mol. The first-order valence-corrected chi connectivity index (χ1v) is 57.8. The van der Waals surface area contributed by atoms with E-state index in [1.165, 1.54) is 356 Å². The second-order valence-corrected chi connectivity index (χ2v) is 42.5. The molecule has 0 aliphatic carbocycles. The van der Waals surface area contributed by atoms with E-state index in [4.69, 9.17) is 28.9 Å². The van der Waals surface area contributed by atoms with Gasteiger partial charge in [0.25, 0.3) is 11.6 Å². The quantitative estimate of drug-likeness (QED) is 0.0291. The van der Waals surface area contributed by atoms with Crippen LogP contribution in [0.3, 0.4) is 0 Å². The van der Waals surface area contributed by atoms with Crippen molar-refractivity contribution in [2.24, 2.45) is 0 Å². The Balaban J connectivity index is 0.858. The van der Waals surface area contributed by atoms with E-state index in [9.17, 15) is 0 Å². The van der Waals surface area contributed by atoms with Gasteiger partial charge in [-0.25, -0.2) is 9.97 Å². The maximum Gasteiger partial charge on any atom is 0.251 e. The largest absolute Gasteiger partial charge is 0.448 e. The second kappa shape index (κ2) is 58.2. The number of fused-ring (bicyclic) bond motifs is 22. The molecule has 0 atom stereocenters. The molecule has 0 amide bonds. The molecule has 750 valence electrons. The molecule has 0 spiro atoms. The molecule has 140 heavy (non-hydrogen) atoms. The van der Waals surface area contributed by atoms with E-state index < -0.39 is 11.6 Å². The molecular formula is C132H178N4O4. The third-order valence-electron chi connectivity index (χ3n) is 30.8. The number of nitrogens with one attached hydrogen (secondary N) is 2. The Morgan fingerprint density at radius 1 is 0.250 bits per heavy atom. The van der Waals surface area contributed by atoms with Gasteiger partial charge in [0.15, 0.2) is 23.0 Å². The summed E-state index contributed by atoms with van der Waals surface area (Å²) in [5, 5.41) is 4.40. The Morgan fingerprint density at radius 3 is 0.929 bits per heavy atom. The Kier molecular flexibility index (Phi) is 44.1. The molecule has 4 aliphatic heterocycles. The summed E-state index contributed by atoms with van der Waals surface area (Å²) in [7, 11) is 0. The van der Waals surface area contributed by atoms with Gasteiger partial charge in [0.2, 0.25) is 0 Å². The van der Waals surface area contributed by atoms with Gasteiger partial charge in [0.05, 0.1) is 22.8 Å². The van der Waals surface area contributed by atoms with E-state index in [0.29, 0.717) is 0 Å². The molecule has 2 N–H and O–H groups in total. The molecule has 8 nitrogen and oxygen atoms in total. The lowest BCUT2D eigenvalue weighted by molar-refractivity contribution is -0.0953. The number of nitrogens with zero attached hydrogens (tertiary/aromatic N) is 2. The van der Waals surface area contributed by atoms with Gasteiger partial charge in [-0.3, -0.25) is 0 Å². The lowest BCUT2D eigenvalue weighted by atomic mass is 9.95. The van der Waals surface area contributed by atoms with E-state index in [0.717, 1.165) is 204 Å². The van der Waals surface area contributed by atoms with Crippen LogP contribution in [-0.2, 0) is 12.8 Å². The number of aromatic nitrogens is 4. The number of benzene rings is 7. The molecule has 0 fully saturated rings. The van der Waals surface area contributed by atoms with Crippen LogP contribution in [0.2, 0.25) is 0 Å². The number of H-pyrrole nitrogens is 2. The van der Waals surface area contributed by atoms with E-state index in [-0.39, 0.29) is 0 Å². The van der Waals surface area contributed by atoms with E-state index in [1.54, 1.807) is 0 Å². The minimum absolute atomic E-state index is 0.743. The van der Waals surface area contributed by atoms with Crippen LogP contribution in [0.5, 0.6) is 23.0 Å². The van der Waals surface area contributed by atoms with E-state index in [1.807, 2.05) is 6.08 Å². The van der Waals surface area contributed by atoms with Gasteiger partial charge in [-0.05, 0) is 156 Å². The van der Waals surface area contributed by atoms with Crippen LogP contribution in [0, 0.1) is 0 Å². The predicted molar refractivity (Wildman–Crippen MR) is 608 cm³/mol. The lowest BCUT2D eigenvalue weighted by Crippen LogP contribution is -2.38. The van der Waals surface area contributed by atoms with Crippen molar-refractivity contribution in [3.63, 3.8) is 0 Å². The fraction of sp³-hybridized carbons (Fsp3) is 0.530. The van der Waals surface area contributed by atoms with Crippen molar-refractivity contribution in [1.29, 1.82) is 0 Å². The van der Waals surface area contributed by atoms with Crippen LogP contribution in [0.1, 0.15) is 477 Å². The van der Waals surface area contributed by atoms with Crippen LogP contribution in [0.25, 0.3) is 131 Å². The SMILES string of the molecule is C=Cc1ccc(/C=C/c2ccc3c4cc5nc(cc6[nH]c(cc7nc(cc([nH]4)c3c2)-c2cc3c(cc2-7)OC(CCCCCCCCCCCCC)(CCCCCCCCCCCCC)O3)c2c(/C=C\c3ccc(/C=C/c4cc(CCCCCCCC)ccc4CCCCCCCC)cc3)cccc62)-c2cc3c(cc2-5)OC(CCCCCCCCCCCCC)(CCCCCCCCCCCCC)O3)cc1. The predicted octanol–water partition coefficient (Wildman–Crippen LogP) is 42.0. The molecule has 3 aromatic heterocycles. The van der Waals surface area contributed by atoms with Crippen molar-refractivity contribution in [1.82, 2.24) is 19.9 Å². The first-order chi connectivity index (χ1) is 69.1. The van der Waals surface area contributed by atoms with Gasteiger partial charge in [-0.2, -0.15) is 0 Å². The molecule has 0 radical (unpaired) electrons. The standard InChI is InChI=1S/C132H178N4O4/c1-8-15-21-27-33-37-41-45-49-55-61-88-131(89-62-56-50-46-42-38-34-28-22-16-9-2)137-126-94-114-115(95-127(126)138-131)122-99-119-112-69-65-68-109(85-80-104-74-76-105(77-75-104)81-86-110-92-106(66-59-53-31-25-19-12-5)82-84-108(110)67-60-54-32-26-20-13-6)130(112)125(136-119)101-124-117-97-129-128(139-132(140-129,90-63-57-51-47-43-39-35-29-23-17-10-3)91-64-58-52-48-44-40-36-30-24-18-11-4)96-116(117)123(135-124)100-120-113-93-107(79-78-103-72-70-102(14-7)71-73-103)83-87-111(113)118(133-120)98-121(114)134-122/h14,65,68-87,92-101,133,136H,7-13,15-64,66-67,88-91H2,1-6H3/b79-78+,85-80-,86-81+,118-98?,119-99?,120-100?,121-98?,122-99?,123-100?,124-101?,125-101?. The summed E-state index contributed by atoms with van der Waals surface area (Å²) in [5.74, 6) is 1.75. The maximum atomic E-state index is 7.52. The summed E-state index contributed by atoms with van der Waals surface area (Å²) in [5.41, 5.74) is 22.5. The highest BCUT2D eigenvalue weighted by Gasteiger charge is 2.44. The van der Waals surface area contributed by atoms with Gasteiger partial charge in [-0.1, -0.05) is 509 Å². The maximum absolute atomic E-state index is 7.52. The number of aryl methyl sites for hydroxylation is 2. The first kappa shape index (κ1) is 106. The zero-order valence-corrected chi connectivity index (χ0v) is 88.1. The van der Waals surface area contributed by atoms with Crippen molar-refractivity contribution in [3.05, 3.63) is 208 Å². The molecule has 10 aromatic rings. The van der Waals surface area contributed by atoms with Gasteiger partial charge in [0.1, 0.15) is 0 Å². The van der Waals surface area contributed by atoms with Crippen LogP contribution in [0.15, 0.2) is 158 Å². The van der Waals surface area contributed by atoms with Gasteiger partial charge >= 0.3 is 0 Å². The number of rotatable bonds is 69.